The van der Waals surface area contributed by atoms with Crippen molar-refractivity contribution in [2.75, 3.05) is 18.5 Å². The molecule has 0 aromatic heterocycles. The quantitative estimate of drug-likeness (QED) is 0.810. The van der Waals surface area contributed by atoms with Gasteiger partial charge >= 0.3 is 0 Å². The Morgan fingerprint density at radius 3 is 3.00 bits per heavy atom. The second-order valence-electron chi connectivity index (χ2n) is 5.58. The van der Waals surface area contributed by atoms with E-state index in [4.69, 9.17) is 4.74 Å². The molecule has 21 heavy (non-hydrogen) atoms. The third-order valence-corrected chi connectivity index (χ3v) is 3.76. The summed E-state index contributed by atoms with van der Waals surface area (Å²) in [5, 5.41) is 6.44. The molecule has 1 aliphatic heterocycles. The molecule has 2 N–H and O–H groups in total. The molecule has 0 radical (unpaired) electrons. The van der Waals surface area contributed by atoms with Crippen LogP contribution in [0.15, 0.2) is 24.3 Å². The first kappa shape index (κ1) is 15.8. The summed E-state index contributed by atoms with van der Waals surface area (Å²) in [6, 6.07) is 8.12. The lowest BCUT2D eigenvalue weighted by Crippen LogP contribution is -2.34. The van der Waals surface area contributed by atoms with Crippen LogP contribution in [0.5, 0.6) is 5.75 Å². The first-order valence-corrected chi connectivity index (χ1v) is 8.04. The molecule has 1 heterocycles. The Bertz CT molecular complexity index is 442. The zero-order valence-corrected chi connectivity index (χ0v) is 12.9. The monoisotopic (exact) mass is 290 g/mol. The first-order valence-electron chi connectivity index (χ1n) is 8.04. The summed E-state index contributed by atoms with van der Waals surface area (Å²) in [6.07, 6.45) is 6.13. The molecule has 2 rings (SSSR count). The van der Waals surface area contributed by atoms with Crippen LogP contribution >= 0.6 is 0 Å². The van der Waals surface area contributed by atoms with Crippen molar-refractivity contribution in [3.8, 4) is 5.75 Å². The Labute approximate surface area is 127 Å². The highest BCUT2D eigenvalue weighted by Gasteiger charge is 2.14. The van der Waals surface area contributed by atoms with E-state index in [9.17, 15) is 4.79 Å². The van der Waals surface area contributed by atoms with E-state index in [0.717, 1.165) is 30.8 Å². The summed E-state index contributed by atoms with van der Waals surface area (Å²) in [7, 11) is 0. The molecular formula is C17H26N2O2. The number of para-hydroxylation sites is 2. The molecule has 1 fully saturated rings. The van der Waals surface area contributed by atoms with Gasteiger partial charge in [0.25, 0.3) is 0 Å². The standard InChI is InChI=1S/C17H26N2O2/c1-2-13-21-16-9-4-3-8-15(16)19-17(20)11-10-14-7-5-6-12-18-14/h3-4,8-9,14,18H,2,5-7,10-13H2,1H3,(H,19,20). The Morgan fingerprint density at radius 1 is 1.38 bits per heavy atom. The molecule has 1 amide bonds. The molecular weight excluding hydrogens is 264 g/mol. The molecule has 4 nitrogen and oxygen atoms in total. The Hall–Kier alpha value is -1.55. The van der Waals surface area contributed by atoms with Crippen LogP contribution < -0.4 is 15.4 Å². The van der Waals surface area contributed by atoms with Gasteiger partial charge in [0.15, 0.2) is 0 Å². The summed E-state index contributed by atoms with van der Waals surface area (Å²) >= 11 is 0. The number of hydrogen-bond donors (Lipinski definition) is 2. The number of rotatable bonds is 7. The Balaban J connectivity index is 1.81. The highest BCUT2D eigenvalue weighted by Crippen LogP contribution is 2.24. The van der Waals surface area contributed by atoms with Gasteiger partial charge in [0.1, 0.15) is 5.75 Å². The predicted octanol–water partition coefficient (Wildman–Crippen LogP) is 3.34. The molecule has 116 valence electrons. The van der Waals surface area contributed by atoms with Gasteiger partial charge in [-0.2, -0.15) is 0 Å². The highest BCUT2D eigenvalue weighted by atomic mass is 16.5. The second-order valence-corrected chi connectivity index (χ2v) is 5.58. The van der Waals surface area contributed by atoms with E-state index in [1.807, 2.05) is 24.3 Å². The van der Waals surface area contributed by atoms with Gasteiger partial charge in [0.05, 0.1) is 12.3 Å². The third-order valence-electron chi connectivity index (χ3n) is 3.76. The lowest BCUT2D eigenvalue weighted by atomic mass is 10.0. The van der Waals surface area contributed by atoms with Gasteiger partial charge in [-0.3, -0.25) is 4.79 Å². The molecule has 0 spiro atoms. The fourth-order valence-corrected chi connectivity index (χ4v) is 2.60. The topological polar surface area (TPSA) is 50.4 Å². The number of carbonyl (C=O) groups is 1. The van der Waals surface area contributed by atoms with E-state index >= 15 is 0 Å². The van der Waals surface area contributed by atoms with Crippen LogP contribution in [0.25, 0.3) is 0 Å². The number of carbonyl (C=O) groups excluding carboxylic acids is 1. The molecule has 1 aliphatic rings. The van der Waals surface area contributed by atoms with Crippen molar-refractivity contribution in [1.29, 1.82) is 0 Å². The molecule has 0 aliphatic carbocycles. The summed E-state index contributed by atoms with van der Waals surface area (Å²) in [5.41, 5.74) is 0.771. The first-order chi connectivity index (χ1) is 10.3. The number of hydrogen-bond acceptors (Lipinski definition) is 3. The van der Waals surface area contributed by atoms with Crippen molar-refractivity contribution in [3.63, 3.8) is 0 Å². The fourth-order valence-electron chi connectivity index (χ4n) is 2.60. The number of nitrogens with one attached hydrogen (secondary N) is 2. The van der Waals surface area contributed by atoms with E-state index in [1.165, 1.54) is 19.3 Å². The van der Waals surface area contributed by atoms with Crippen molar-refractivity contribution < 1.29 is 9.53 Å². The minimum absolute atomic E-state index is 0.0647. The summed E-state index contributed by atoms with van der Waals surface area (Å²) in [4.78, 5) is 12.1. The predicted molar refractivity (Wildman–Crippen MR) is 85.7 cm³/mol. The van der Waals surface area contributed by atoms with Crippen LogP contribution in [-0.2, 0) is 4.79 Å². The molecule has 4 heteroatoms. The molecule has 1 unspecified atom stereocenters. The second kappa shape index (κ2) is 8.67. The van der Waals surface area contributed by atoms with Gasteiger partial charge in [0, 0.05) is 12.5 Å². The average Bonchev–Trinajstić information content (AvgIpc) is 2.53. The van der Waals surface area contributed by atoms with E-state index in [1.54, 1.807) is 0 Å². The average molecular weight is 290 g/mol. The van der Waals surface area contributed by atoms with Gasteiger partial charge in [0.2, 0.25) is 5.91 Å². The molecule has 0 saturated carbocycles. The number of anilines is 1. The van der Waals surface area contributed by atoms with E-state index in [2.05, 4.69) is 17.6 Å². The smallest absolute Gasteiger partial charge is 0.224 e. The summed E-state index contributed by atoms with van der Waals surface area (Å²) < 4.78 is 5.65. The Kier molecular flexibility index (Phi) is 6.54. The van der Waals surface area contributed by atoms with Gasteiger partial charge in [-0.25, -0.2) is 0 Å². The number of amides is 1. The van der Waals surface area contributed by atoms with Crippen LogP contribution in [0.1, 0.15) is 45.4 Å². The molecule has 1 saturated heterocycles. The molecule has 1 atom stereocenters. The SMILES string of the molecule is CCCOc1ccccc1NC(=O)CCC1CCCCN1. The fraction of sp³-hybridized carbons (Fsp3) is 0.588. The number of benzene rings is 1. The van der Waals surface area contributed by atoms with E-state index < -0.39 is 0 Å². The van der Waals surface area contributed by atoms with Crippen molar-refractivity contribution in [2.45, 2.75) is 51.5 Å². The maximum absolute atomic E-state index is 12.1. The van der Waals surface area contributed by atoms with Crippen LogP contribution in [-0.4, -0.2) is 25.1 Å². The van der Waals surface area contributed by atoms with Gasteiger partial charge in [-0.15, -0.1) is 0 Å². The lowest BCUT2D eigenvalue weighted by molar-refractivity contribution is -0.116. The van der Waals surface area contributed by atoms with Crippen molar-refractivity contribution >= 4 is 11.6 Å². The summed E-state index contributed by atoms with van der Waals surface area (Å²) in [6.45, 7) is 3.82. The van der Waals surface area contributed by atoms with Crippen LogP contribution in [0.3, 0.4) is 0 Å². The van der Waals surface area contributed by atoms with Crippen LogP contribution in [0, 0.1) is 0 Å². The van der Waals surface area contributed by atoms with Crippen LogP contribution in [0.4, 0.5) is 5.69 Å². The number of ether oxygens (including phenoxy) is 1. The third kappa shape index (κ3) is 5.38. The van der Waals surface area contributed by atoms with Gasteiger partial charge in [-0.1, -0.05) is 25.5 Å². The van der Waals surface area contributed by atoms with Gasteiger partial charge < -0.3 is 15.4 Å². The van der Waals surface area contributed by atoms with Gasteiger partial charge in [-0.05, 0) is 44.4 Å². The summed E-state index contributed by atoms with van der Waals surface area (Å²) in [5.74, 6) is 0.818. The normalized spacial score (nSPS) is 18.2. The van der Waals surface area contributed by atoms with E-state index in [0.29, 0.717) is 19.1 Å². The van der Waals surface area contributed by atoms with Crippen molar-refractivity contribution in [2.24, 2.45) is 0 Å². The maximum atomic E-state index is 12.1. The Morgan fingerprint density at radius 2 is 2.24 bits per heavy atom. The van der Waals surface area contributed by atoms with Crippen molar-refractivity contribution in [3.05, 3.63) is 24.3 Å². The molecule has 0 bridgehead atoms. The minimum atomic E-state index is 0.0647. The highest BCUT2D eigenvalue weighted by molar-refractivity contribution is 5.92. The lowest BCUT2D eigenvalue weighted by Gasteiger charge is -2.23. The minimum Gasteiger partial charge on any atom is -0.491 e. The van der Waals surface area contributed by atoms with E-state index in [-0.39, 0.29) is 5.91 Å². The molecule has 1 aromatic rings. The largest absolute Gasteiger partial charge is 0.491 e. The zero-order chi connectivity index (χ0) is 14.9. The van der Waals surface area contributed by atoms with Crippen molar-refractivity contribution in [1.82, 2.24) is 5.32 Å². The molecule has 1 aromatic carbocycles. The zero-order valence-electron chi connectivity index (χ0n) is 12.9. The maximum Gasteiger partial charge on any atom is 0.224 e. The van der Waals surface area contributed by atoms with Crippen LogP contribution in [0.2, 0.25) is 0 Å². The number of piperidine rings is 1.